The number of carbonyl (C=O) groups excluding carboxylic acids is 2. The first-order valence-corrected chi connectivity index (χ1v) is 9.27. The number of benzene rings is 2. The number of aryl methyl sites for hydroxylation is 1. The van der Waals surface area contributed by atoms with Crippen molar-refractivity contribution in [3.05, 3.63) is 88.7 Å². The lowest BCUT2D eigenvalue weighted by molar-refractivity contribution is 0.0989. The zero-order chi connectivity index (χ0) is 19.7. The van der Waals surface area contributed by atoms with Gasteiger partial charge in [-0.2, -0.15) is 0 Å². The van der Waals surface area contributed by atoms with Crippen molar-refractivity contribution in [3.63, 3.8) is 0 Å². The Hall–Kier alpha value is -3.47. The molecule has 2 amide bonds. The molecule has 0 fully saturated rings. The normalized spacial score (nSPS) is 12.6. The minimum absolute atomic E-state index is 0.140. The van der Waals surface area contributed by atoms with Crippen LogP contribution in [0.25, 0.3) is 0 Å². The highest BCUT2D eigenvalue weighted by Gasteiger charge is 2.25. The lowest BCUT2D eigenvalue weighted by Crippen LogP contribution is -2.29. The molecule has 1 aliphatic rings. The van der Waals surface area contributed by atoms with Crippen molar-refractivity contribution in [2.24, 2.45) is 0 Å². The summed E-state index contributed by atoms with van der Waals surface area (Å²) in [4.78, 5) is 31.6. The number of para-hydroxylation sites is 1. The average Bonchev–Trinajstić information content (AvgIpc) is 3.15. The van der Waals surface area contributed by atoms with Crippen LogP contribution in [0.2, 0.25) is 0 Å². The van der Waals surface area contributed by atoms with Crippen LogP contribution in [0.5, 0.6) is 0 Å². The summed E-state index contributed by atoms with van der Waals surface area (Å²) in [5, 5.41) is 2.91. The highest BCUT2D eigenvalue weighted by Crippen LogP contribution is 2.29. The van der Waals surface area contributed by atoms with Gasteiger partial charge >= 0.3 is 0 Å². The van der Waals surface area contributed by atoms with Crippen molar-refractivity contribution in [3.8, 4) is 0 Å². The topological polar surface area (TPSA) is 62.3 Å². The molecule has 5 heteroatoms. The van der Waals surface area contributed by atoms with E-state index in [1.54, 1.807) is 11.0 Å². The highest BCUT2D eigenvalue weighted by atomic mass is 16.2. The molecule has 0 bridgehead atoms. The number of hydrogen-bond donors (Lipinski definition) is 1. The molecule has 4 rings (SSSR count). The number of amides is 2. The van der Waals surface area contributed by atoms with E-state index in [4.69, 9.17) is 0 Å². The lowest BCUT2D eigenvalue weighted by atomic mass is 10.1. The number of nitrogens with zero attached hydrogens (tertiary/aromatic N) is 2. The zero-order valence-corrected chi connectivity index (χ0v) is 15.9. The molecule has 0 radical (unpaired) electrons. The first-order chi connectivity index (χ1) is 13.5. The number of rotatable bonds is 3. The van der Waals surface area contributed by atoms with Crippen LogP contribution in [0.4, 0.5) is 11.4 Å². The second-order valence-corrected chi connectivity index (χ2v) is 7.00. The monoisotopic (exact) mass is 371 g/mol. The van der Waals surface area contributed by atoms with E-state index in [1.165, 1.54) is 12.4 Å². The molecule has 0 aliphatic carbocycles. The number of hydrogen-bond acceptors (Lipinski definition) is 3. The van der Waals surface area contributed by atoms with Gasteiger partial charge in [0.25, 0.3) is 11.8 Å². The molecule has 0 unspecified atom stereocenters. The van der Waals surface area contributed by atoms with Crippen molar-refractivity contribution < 1.29 is 9.59 Å². The molecule has 140 valence electrons. The summed E-state index contributed by atoms with van der Waals surface area (Å²) in [6.07, 6.45) is 3.83. The molecule has 0 saturated carbocycles. The van der Waals surface area contributed by atoms with E-state index in [1.807, 2.05) is 56.3 Å². The zero-order valence-electron chi connectivity index (χ0n) is 15.9. The number of fused-ring (bicyclic) bond motifs is 1. The van der Waals surface area contributed by atoms with E-state index < -0.39 is 0 Å². The van der Waals surface area contributed by atoms with Gasteiger partial charge in [-0.3, -0.25) is 14.6 Å². The van der Waals surface area contributed by atoms with Gasteiger partial charge in [-0.05, 0) is 55.2 Å². The first-order valence-electron chi connectivity index (χ1n) is 9.27. The van der Waals surface area contributed by atoms with Crippen molar-refractivity contribution >= 4 is 23.2 Å². The molecular formula is C23H21N3O2. The fourth-order valence-electron chi connectivity index (χ4n) is 3.47. The Morgan fingerprint density at radius 2 is 1.79 bits per heavy atom. The van der Waals surface area contributed by atoms with E-state index in [-0.39, 0.29) is 11.8 Å². The summed E-state index contributed by atoms with van der Waals surface area (Å²) < 4.78 is 0. The fraction of sp³-hybridized carbons (Fsp3) is 0.174. The fourth-order valence-corrected chi connectivity index (χ4v) is 3.47. The van der Waals surface area contributed by atoms with Crippen LogP contribution in [0.1, 0.15) is 37.4 Å². The SMILES string of the molecule is Cc1cccc(NC(=O)c2cncc(C(=O)N3CCc4ccccc43)c2)c1C. The van der Waals surface area contributed by atoms with E-state index in [2.05, 4.69) is 10.3 Å². The predicted molar refractivity (Wildman–Crippen MR) is 110 cm³/mol. The average molecular weight is 371 g/mol. The summed E-state index contributed by atoms with van der Waals surface area (Å²) in [6, 6.07) is 15.3. The summed E-state index contributed by atoms with van der Waals surface area (Å²) in [5.41, 5.74) is 5.74. The molecule has 1 aromatic heterocycles. The van der Waals surface area contributed by atoms with Gasteiger partial charge in [-0.25, -0.2) is 0 Å². The van der Waals surface area contributed by atoms with Crippen LogP contribution in [0, 0.1) is 13.8 Å². The van der Waals surface area contributed by atoms with Gasteiger partial charge in [-0.15, -0.1) is 0 Å². The standard InChI is InChI=1S/C23H21N3O2/c1-15-6-5-8-20(16(15)2)25-22(27)18-12-19(14-24-13-18)23(28)26-11-10-17-7-3-4-9-21(17)26/h3-9,12-14H,10-11H2,1-2H3,(H,25,27). The van der Waals surface area contributed by atoms with Gasteiger partial charge in [0, 0.05) is 30.3 Å². The molecule has 2 heterocycles. The summed E-state index contributed by atoms with van der Waals surface area (Å²) >= 11 is 0. The molecule has 28 heavy (non-hydrogen) atoms. The molecular weight excluding hydrogens is 350 g/mol. The Kier molecular flexibility index (Phi) is 4.65. The Bertz CT molecular complexity index is 1070. The van der Waals surface area contributed by atoms with Gasteiger partial charge in [-0.1, -0.05) is 30.3 Å². The molecule has 1 aliphatic heterocycles. The Balaban J connectivity index is 1.57. The van der Waals surface area contributed by atoms with Gasteiger partial charge in [0.2, 0.25) is 0 Å². The highest BCUT2D eigenvalue weighted by molar-refractivity contribution is 6.10. The maximum atomic E-state index is 13.0. The second-order valence-electron chi connectivity index (χ2n) is 7.00. The minimum atomic E-state index is -0.280. The smallest absolute Gasteiger partial charge is 0.259 e. The van der Waals surface area contributed by atoms with Crippen LogP contribution in [-0.2, 0) is 6.42 Å². The molecule has 5 nitrogen and oxygen atoms in total. The third-order valence-corrected chi connectivity index (χ3v) is 5.23. The molecule has 0 spiro atoms. The number of aromatic nitrogens is 1. The van der Waals surface area contributed by atoms with Gasteiger partial charge in [0.15, 0.2) is 0 Å². The van der Waals surface area contributed by atoms with Crippen LogP contribution in [-0.4, -0.2) is 23.3 Å². The van der Waals surface area contributed by atoms with Crippen LogP contribution < -0.4 is 10.2 Å². The third-order valence-electron chi connectivity index (χ3n) is 5.23. The van der Waals surface area contributed by atoms with Crippen molar-refractivity contribution in [1.82, 2.24) is 4.98 Å². The number of pyridine rings is 1. The third kappa shape index (κ3) is 3.27. The van der Waals surface area contributed by atoms with Gasteiger partial charge in [0.05, 0.1) is 11.1 Å². The van der Waals surface area contributed by atoms with Crippen LogP contribution in [0.15, 0.2) is 60.9 Å². The molecule has 2 aromatic carbocycles. The summed E-state index contributed by atoms with van der Waals surface area (Å²) in [6.45, 7) is 4.60. The van der Waals surface area contributed by atoms with Crippen molar-refractivity contribution in [2.45, 2.75) is 20.3 Å². The van der Waals surface area contributed by atoms with E-state index in [0.29, 0.717) is 17.7 Å². The maximum Gasteiger partial charge on any atom is 0.259 e. The van der Waals surface area contributed by atoms with Gasteiger partial charge < -0.3 is 10.2 Å². The number of nitrogens with one attached hydrogen (secondary N) is 1. The minimum Gasteiger partial charge on any atom is -0.322 e. The van der Waals surface area contributed by atoms with Crippen LogP contribution in [0.3, 0.4) is 0 Å². The van der Waals surface area contributed by atoms with E-state index >= 15 is 0 Å². The molecule has 0 atom stereocenters. The largest absolute Gasteiger partial charge is 0.322 e. The van der Waals surface area contributed by atoms with E-state index in [0.717, 1.165) is 34.5 Å². The predicted octanol–water partition coefficient (Wildman–Crippen LogP) is 4.15. The Morgan fingerprint density at radius 3 is 2.64 bits per heavy atom. The van der Waals surface area contributed by atoms with Gasteiger partial charge in [0.1, 0.15) is 0 Å². The number of carbonyl (C=O) groups is 2. The quantitative estimate of drug-likeness (QED) is 0.752. The Labute approximate surface area is 164 Å². The summed E-state index contributed by atoms with van der Waals surface area (Å²) in [7, 11) is 0. The molecule has 3 aromatic rings. The van der Waals surface area contributed by atoms with Crippen molar-refractivity contribution in [1.29, 1.82) is 0 Å². The summed E-state index contributed by atoms with van der Waals surface area (Å²) in [5.74, 6) is -0.420. The maximum absolute atomic E-state index is 13.0. The molecule has 1 N–H and O–H groups in total. The Morgan fingerprint density at radius 1 is 1.00 bits per heavy atom. The second kappa shape index (κ2) is 7.27. The molecule has 0 saturated heterocycles. The van der Waals surface area contributed by atoms with Crippen molar-refractivity contribution in [2.75, 3.05) is 16.8 Å². The van der Waals surface area contributed by atoms with Crippen LogP contribution >= 0.6 is 0 Å². The first kappa shape index (κ1) is 17.9. The van der Waals surface area contributed by atoms with E-state index in [9.17, 15) is 9.59 Å². The number of anilines is 2. The lowest BCUT2D eigenvalue weighted by Gasteiger charge is -2.17.